The molecule has 0 radical (unpaired) electrons. The molecule has 33 heavy (non-hydrogen) atoms. The van der Waals surface area contributed by atoms with Crippen molar-refractivity contribution in [1.82, 2.24) is 19.5 Å². The van der Waals surface area contributed by atoms with Gasteiger partial charge in [-0.25, -0.2) is 18.7 Å². The number of ether oxygens (including phenoxy) is 2. The highest BCUT2D eigenvalue weighted by molar-refractivity contribution is 5.76. The van der Waals surface area contributed by atoms with Gasteiger partial charge in [-0.2, -0.15) is 0 Å². The molecule has 0 atom stereocenters. The van der Waals surface area contributed by atoms with Crippen LogP contribution in [0.1, 0.15) is 24.7 Å². The maximum atomic E-state index is 13.0. The molecule has 0 fully saturated rings. The smallest absolute Gasteiger partial charge is 0.295 e. The molecule has 2 heterocycles. The van der Waals surface area contributed by atoms with Gasteiger partial charge >= 0.3 is 0 Å². The number of aromatic amines is 1. The van der Waals surface area contributed by atoms with Crippen molar-refractivity contribution in [1.29, 1.82) is 0 Å². The van der Waals surface area contributed by atoms with E-state index in [0.29, 0.717) is 23.7 Å². The molecule has 9 heteroatoms. The fourth-order valence-electron chi connectivity index (χ4n) is 3.35. The number of halogens is 2. The Kier molecular flexibility index (Phi) is 6.36. The fourth-order valence-corrected chi connectivity index (χ4v) is 3.35. The Balaban J connectivity index is 1.53. The van der Waals surface area contributed by atoms with E-state index < -0.39 is 17.8 Å². The van der Waals surface area contributed by atoms with Gasteiger partial charge in [-0.1, -0.05) is 17.9 Å². The van der Waals surface area contributed by atoms with Crippen molar-refractivity contribution in [3.63, 3.8) is 0 Å². The quantitative estimate of drug-likeness (QED) is 0.446. The summed E-state index contributed by atoms with van der Waals surface area (Å²) in [5, 5.41) is 0. The fraction of sp³-hybridized carbons (Fsp3) is 0.208. The summed E-state index contributed by atoms with van der Waals surface area (Å²) in [4.78, 5) is 22.6. The number of fused-ring (bicyclic) bond motifs is 1. The first-order valence-corrected chi connectivity index (χ1v) is 10.1. The summed E-state index contributed by atoms with van der Waals surface area (Å²) >= 11 is 0. The molecule has 168 valence electrons. The number of imidazole rings is 1. The van der Waals surface area contributed by atoms with Gasteiger partial charge in [0.25, 0.3) is 12.0 Å². The van der Waals surface area contributed by atoms with E-state index in [9.17, 15) is 13.6 Å². The van der Waals surface area contributed by atoms with Crippen LogP contribution in [-0.4, -0.2) is 33.2 Å². The summed E-state index contributed by atoms with van der Waals surface area (Å²) in [6.07, 6.45) is -2.89. The first kappa shape index (κ1) is 22.0. The molecule has 2 aromatic heterocycles. The topological polar surface area (TPSA) is 82.0 Å². The lowest BCUT2D eigenvalue weighted by Crippen LogP contribution is -2.15. The molecule has 0 amide bonds. The highest BCUT2D eigenvalue weighted by atomic mass is 19.3. The third-order valence-electron chi connectivity index (χ3n) is 4.88. The number of rotatable bonds is 6. The number of hydrogen-bond acceptors (Lipinski definition) is 5. The number of alkyl halides is 2. The molecule has 2 aromatic carbocycles. The van der Waals surface area contributed by atoms with E-state index >= 15 is 0 Å². The highest BCUT2D eigenvalue weighted by Gasteiger charge is 2.19. The molecule has 0 bridgehead atoms. The lowest BCUT2D eigenvalue weighted by Gasteiger charge is -2.07. The second kappa shape index (κ2) is 9.53. The van der Waals surface area contributed by atoms with Crippen molar-refractivity contribution >= 4 is 11.2 Å². The Morgan fingerprint density at radius 2 is 1.91 bits per heavy atom. The standard InChI is InChI=1S/C24H20F2N4O3/c1-3-30-19-21(27-22(20(25)26)29-24(19)31)28-23(30)16-9-11-17(12-10-16)33-13-5-7-15-6-4-8-18(14-15)32-2/h4,6,8-12,14,20H,3,13H2,1-2H3,(H,27,29,31). The van der Waals surface area contributed by atoms with Gasteiger partial charge in [0.1, 0.15) is 23.9 Å². The predicted octanol–water partition coefficient (Wildman–Crippen LogP) is 4.18. The van der Waals surface area contributed by atoms with Crippen LogP contribution in [0.4, 0.5) is 8.78 Å². The molecule has 4 aromatic rings. The lowest BCUT2D eigenvalue weighted by molar-refractivity contribution is 0.140. The number of aryl methyl sites for hydroxylation is 1. The second-order valence-electron chi connectivity index (χ2n) is 6.95. The Morgan fingerprint density at radius 1 is 1.12 bits per heavy atom. The summed E-state index contributed by atoms with van der Waals surface area (Å²) < 4.78 is 38.5. The van der Waals surface area contributed by atoms with Gasteiger partial charge in [-0.15, -0.1) is 0 Å². The van der Waals surface area contributed by atoms with E-state index in [1.165, 1.54) is 0 Å². The third-order valence-corrected chi connectivity index (χ3v) is 4.88. The van der Waals surface area contributed by atoms with Crippen LogP contribution in [0.3, 0.4) is 0 Å². The van der Waals surface area contributed by atoms with Gasteiger partial charge in [0.05, 0.1) is 7.11 Å². The van der Waals surface area contributed by atoms with Crippen LogP contribution in [0.2, 0.25) is 0 Å². The van der Waals surface area contributed by atoms with Crippen LogP contribution in [-0.2, 0) is 6.54 Å². The van der Waals surface area contributed by atoms with Crippen molar-refractivity contribution in [2.75, 3.05) is 13.7 Å². The first-order chi connectivity index (χ1) is 16.0. The van der Waals surface area contributed by atoms with E-state index in [1.807, 2.05) is 31.2 Å². The Morgan fingerprint density at radius 3 is 2.61 bits per heavy atom. The molecule has 0 aliphatic carbocycles. The van der Waals surface area contributed by atoms with Gasteiger partial charge in [0.15, 0.2) is 17.0 Å². The monoisotopic (exact) mass is 450 g/mol. The maximum absolute atomic E-state index is 13.0. The average Bonchev–Trinajstić information content (AvgIpc) is 3.21. The number of benzene rings is 2. The molecule has 0 spiro atoms. The van der Waals surface area contributed by atoms with Crippen LogP contribution < -0.4 is 15.0 Å². The van der Waals surface area contributed by atoms with E-state index in [0.717, 1.165) is 11.3 Å². The lowest BCUT2D eigenvalue weighted by atomic mass is 10.2. The Hall–Kier alpha value is -4.19. The normalized spacial score (nSPS) is 10.8. The number of nitrogens with one attached hydrogen (secondary N) is 1. The van der Waals surface area contributed by atoms with Crippen LogP contribution in [0.5, 0.6) is 11.5 Å². The van der Waals surface area contributed by atoms with Crippen LogP contribution in [0.25, 0.3) is 22.6 Å². The van der Waals surface area contributed by atoms with E-state index in [1.54, 1.807) is 35.9 Å². The summed E-state index contributed by atoms with van der Waals surface area (Å²) in [5.74, 6) is 7.07. The Bertz CT molecular complexity index is 1400. The molecule has 0 saturated heterocycles. The summed E-state index contributed by atoms with van der Waals surface area (Å²) in [5.41, 5.74) is 1.02. The molecule has 4 rings (SSSR count). The van der Waals surface area contributed by atoms with E-state index in [-0.39, 0.29) is 17.8 Å². The number of hydrogen-bond donors (Lipinski definition) is 1. The zero-order valence-corrected chi connectivity index (χ0v) is 17.9. The maximum Gasteiger partial charge on any atom is 0.295 e. The number of aromatic nitrogens is 4. The van der Waals surface area contributed by atoms with Crippen molar-refractivity contribution < 1.29 is 18.3 Å². The van der Waals surface area contributed by atoms with Crippen molar-refractivity contribution in [2.24, 2.45) is 0 Å². The van der Waals surface area contributed by atoms with Crippen LogP contribution >= 0.6 is 0 Å². The van der Waals surface area contributed by atoms with Gasteiger partial charge in [-0.05, 0) is 49.4 Å². The van der Waals surface area contributed by atoms with E-state index in [4.69, 9.17) is 9.47 Å². The Labute approximate surface area is 188 Å². The summed E-state index contributed by atoms with van der Waals surface area (Å²) in [7, 11) is 1.60. The SMILES string of the molecule is CCn1c(-c2ccc(OCC#Cc3cccc(OC)c3)cc2)nc2nc(C(F)F)[nH]c(=O)c21. The summed E-state index contributed by atoms with van der Waals surface area (Å²) in [6, 6.07) is 14.5. The van der Waals surface area contributed by atoms with Gasteiger partial charge < -0.3 is 19.0 Å². The van der Waals surface area contributed by atoms with Crippen molar-refractivity contribution in [2.45, 2.75) is 19.9 Å². The number of H-pyrrole nitrogens is 1. The van der Waals surface area contributed by atoms with Gasteiger partial charge in [0, 0.05) is 17.7 Å². The minimum Gasteiger partial charge on any atom is -0.497 e. The molecular weight excluding hydrogens is 430 g/mol. The molecule has 1 N–H and O–H groups in total. The minimum absolute atomic E-state index is 0.0148. The van der Waals surface area contributed by atoms with E-state index in [2.05, 4.69) is 26.8 Å². The summed E-state index contributed by atoms with van der Waals surface area (Å²) in [6.45, 7) is 2.45. The second-order valence-corrected chi connectivity index (χ2v) is 6.95. The molecule has 0 aliphatic heterocycles. The molecule has 0 aliphatic rings. The molecule has 0 unspecified atom stereocenters. The van der Waals surface area contributed by atoms with Gasteiger partial charge in [-0.3, -0.25) is 4.79 Å². The predicted molar refractivity (Wildman–Crippen MR) is 120 cm³/mol. The zero-order chi connectivity index (χ0) is 23.4. The third kappa shape index (κ3) is 4.70. The van der Waals surface area contributed by atoms with Gasteiger partial charge in [0.2, 0.25) is 0 Å². The largest absolute Gasteiger partial charge is 0.497 e. The highest BCUT2D eigenvalue weighted by Crippen LogP contribution is 2.25. The van der Waals surface area contributed by atoms with Crippen molar-refractivity contribution in [3.05, 3.63) is 70.3 Å². The minimum atomic E-state index is -2.89. The van der Waals surface area contributed by atoms with Crippen molar-refractivity contribution in [3.8, 4) is 34.7 Å². The molecular formula is C24H20F2N4O3. The number of methoxy groups -OCH3 is 1. The first-order valence-electron chi connectivity index (χ1n) is 10.1. The van der Waals surface area contributed by atoms with Crippen LogP contribution in [0, 0.1) is 11.8 Å². The van der Waals surface area contributed by atoms with Crippen LogP contribution in [0.15, 0.2) is 53.3 Å². The zero-order valence-electron chi connectivity index (χ0n) is 17.9. The molecule has 0 saturated carbocycles. The average molecular weight is 450 g/mol. The number of nitrogens with zero attached hydrogens (tertiary/aromatic N) is 3. The molecule has 7 nitrogen and oxygen atoms in total.